The molecule has 1 heteroatoms. The SMILES string of the molecule is [2H]C=C(C(=C)CCc1ccccc1)C([2H])C([2H])C(=C[2H])c1c([2H])c([2H])c(N(c2ccc(-c3ccc(/C=C\C=C)c(/C=C\C=C)c3)cc2)c2c([2H])c([2H])c3c(c2[2H])C(c2ccccc2)(c2ccccc2)c2ccccc2-3)c([2H])c1[2H]. The summed E-state index contributed by atoms with van der Waals surface area (Å²) in [6.45, 7) is 13.6. The molecule has 8 aromatic carbocycles. The van der Waals surface area contributed by atoms with Crippen molar-refractivity contribution in [1.29, 1.82) is 0 Å². The quantitative estimate of drug-likeness (QED) is 0.0776. The fraction of sp³-hybridized carbons (Fsp3) is 0.0746. The summed E-state index contributed by atoms with van der Waals surface area (Å²) in [6, 6.07) is 46.7. The van der Waals surface area contributed by atoms with Crippen molar-refractivity contribution in [2.45, 2.75) is 31.1 Å². The third-order valence-corrected chi connectivity index (χ3v) is 12.3. The van der Waals surface area contributed by atoms with E-state index in [1.807, 2.05) is 170 Å². The van der Waals surface area contributed by atoms with Gasteiger partial charge in [-0.05, 0) is 140 Å². The molecule has 330 valence electrons. The molecule has 0 N–H and O–H groups in total. The lowest BCUT2D eigenvalue weighted by atomic mass is 9.67. The van der Waals surface area contributed by atoms with E-state index in [4.69, 9.17) is 2.74 Å². The van der Waals surface area contributed by atoms with E-state index in [-0.39, 0.29) is 51.9 Å². The highest BCUT2D eigenvalue weighted by Gasteiger charge is 2.46. The average Bonchev–Trinajstić information content (AvgIpc) is 4.08. The molecule has 0 spiro atoms. The van der Waals surface area contributed by atoms with E-state index >= 15 is 0 Å². The molecule has 0 aromatic heterocycles. The van der Waals surface area contributed by atoms with Crippen molar-refractivity contribution < 1.29 is 15.1 Å². The molecule has 0 radical (unpaired) electrons. The molecular weight excluding hydrogens is 819 g/mol. The van der Waals surface area contributed by atoms with E-state index < -0.39 is 42.4 Å². The fourth-order valence-corrected chi connectivity index (χ4v) is 8.89. The molecule has 2 atom stereocenters. The van der Waals surface area contributed by atoms with Crippen LogP contribution in [0, 0.1) is 0 Å². The molecule has 0 fully saturated rings. The first-order valence-electron chi connectivity index (χ1n) is 28.4. The highest BCUT2D eigenvalue weighted by Crippen LogP contribution is 2.57. The number of fused-ring (bicyclic) bond motifs is 3. The van der Waals surface area contributed by atoms with Gasteiger partial charge in [-0.15, -0.1) is 0 Å². The Kier molecular flexibility index (Phi) is 10.0. The Hall–Kier alpha value is -8.26. The molecule has 0 aliphatic heterocycles. The van der Waals surface area contributed by atoms with Crippen LogP contribution in [0.15, 0.2) is 268 Å². The number of allylic oxidation sites excluding steroid dienone is 7. The second-order valence-electron chi connectivity index (χ2n) is 16.5. The van der Waals surface area contributed by atoms with Gasteiger partial charge in [-0.1, -0.05) is 238 Å². The van der Waals surface area contributed by atoms with Crippen molar-refractivity contribution >= 4 is 34.8 Å². The summed E-state index contributed by atoms with van der Waals surface area (Å²) >= 11 is 0. The van der Waals surface area contributed by atoms with Crippen molar-refractivity contribution in [3.05, 3.63) is 313 Å². The van der Waals surface area contributed by atoms with E-state index in [9.17, 15) is 12.3 Å². The molecule has 1 aliphatic carbocycles. The predicted molar refractivity (Wildman–Crippen MR) is 294 cm³/mol. The van der Waals surface area contributed by atoms with Gasteiger partial charge >= 0.3 is 0 Å². The van der Waals surface area contributed by atoms with Crippen LogP contribution in [0.1, 0.15) is 78.8 Å². The zero-order chi connectivity index (χ0) is 56.1. The minimum atomic E-state index is -1.64. The summed E-state index contributed by atoms with van der Waals surface area (Å²) in [4.78, 5) is 1.37. The molecule has 0 saturated carbocycles. The summed E-state index contributed by atoms with van der Waals surface area (Å²) in [5.74, 6) is 0. The van der Waals surface area contributed by atoms with E-state index in [0.717, 1.165) is 57.6 Å². The molecule has 0 bridgehead atoms. The summed E-state index contributed by atoms with van der Waals surface area (Å²) in [5.41, 5.74) is 6.90. The van der Waals surface area contributed by atoms with Gasteiger partial charge in [0.15, 0.2) is 0 Å². The smallest absolute Gasteiger partial charge is 0.0714 e. The summed E-state index contributed by atoms with van der Waals surface area (Å²) in [7, 11) is 0. The second-order valence-corrected chi connectivity index (χ2v) is 16.5. The number of anilines is 3. The Labute approximate surface area is 419 Å². The van der Waals surface area contributed by atoms with Gasteiger partial charge in [0.2, 0.25) is 0 Å². The number of nitrogens with zero attached hydrogens (tertiary/aromatic N) is 1. The molecule has 1 aliphatic rings. The van der Waals surface area contributed by atoms with Crippen LogP contribution in [0.5, 0.6) is 0 Å². The maximum absolute atomic E-state index is 10.6. The van der Waals surface area contributed by atoms with Crippen LogP contribution in [0.2, 0.25) is 0 Å². The van der Waals surface area contributed by atoms with Gasteiger partial charge in [0.1, 0.15) is 0 Å². The van der Waals surface area contributed by atoms with Gasteiger partial charge in [0, 0.05) is 19.8 Å². The van der Waals surface area contributed by atoms with Gasteiger partial charge < -0.3 is 4.90 Å². The van der Waals surface area contributed by atoms with Crippen LogP contribution in [0.4, 0.5) is 17.1 Å². The first-order valence-corrected chi connectivity index (χ1v) is 22.6. The molecule has 0 saturated heterocycles. The van der Waals surface area contributed by atoms with E-state index in [1.165, 1.54) is 4.90 Å². The first kappa shape index (κ1) is 33.2. The zero-order valence-corrected chi connectivity index (χ0v) is 37.8. The largest absolute Gasteiger partial charge is 0.310 e. The normalized spacial score (nSPS) is 16.2. The highest BCUT2D eigenvalue weighted by atomic mass is 15.1. The van der Waals surface area contributed by atoms with Gasteiger partial charge in [0.25, 0.3) is 0 Å². The molecule has 0 amide bonds. The van der Waals surface area contributed by atoms with Crippen LogP contribution in [0.3, 0.4) is 0 Å². The van der Waals surface area contributed by atoms with Crippen molar-refractivity contribution in [2.24, 2.45) is 0 Å². The number of hydrogen-bond acceptors (Lipinski definition) is 1. The van der Waals surface area contributed by atoms with Crippen molar-refractivity contribution in [3.8, 4) is 22.3 Å². The van der Waals surface area contributed by atoms with E-state index in [0.29, 0.717) is 35.1 Å². The third kappa shape index (κ3) is 9.12. The van der Waals surface area contributed by atoms with Gasteiger partial charge in [0.05, 0.1) is 17.8 Å². The number of rotatable bonds is 18. The molecule has 1 nitrogen and oxygen atoms in total. The number of aryl methyl sites for hydroxylation is 1. The van der Waals surface area contributed by atoms with Crippen molar-refractivity contribution in [1.82, 2.24) is 0 Å². The lowest BCUT2D eigenvalue weighted by Crippen LogP contribution is -2.28. The number of benzene rings is 8. The Morgan fingerprint density at radius 3 is 1.84 bits per heavy atom. The third-order valence-electron chi connectivity index (χ3n) is 12.3. The Morgan fingerprint density at radius 2 is 1.18 bits per heavy atom. The van der Waals surface area contributed by atoms with Crippen LogP contribution >= 0.6 is 0 Å². The first-order chi connectivity index (χ1) is 38.2. The second kappa shape index (κ2) is 20.5. The Balaban J connectivity index is 1.26. The highest BCUT2D eigenvalue weighted by molar-refractivity contribution is 5.90. The zero-order valence-electron chi connectivity index (χ0n) is 48.8. The van der Waals surface area contributed by atoms with Gasteiger partial charge in [-0.2, -0.15) is 0 Å². The maximum atomic E-state index is 10.6. The monoisotopic (exact) mass is 887 g/mol. The van der Waals surface area contributed by atoms with Gasteiger partial charge in [-0.25, -0.2) is 0 Å². The fourth-order valence-electron chi connectivity index (χ4n) is 8.89. The van der Waals surface area contributed by atoms with Crippen LogP contribution < -0.4 is 4.90 Å². The van der Waals surface area contributed by atoms with Crippen LogP contribution in [0.25, 0.3) is 40.0 Å². The van der Waals surface area contributed by atoms with Crippen molar-refractivity contribution in [3.63, 3.8) is 0 Å². The summed E-state index contributed by atoms with van der Waals surface area (Å²) in [6.07, 6.45) is 8.84. The minimum absolute atomic E-state index is 0.139. The average molecular weight is 887 g/mol. The van der Waals surface area contributed by atoms with Gasteiger partial charge in [-0.3, -0.25) is 0 Å². The predicted octanol–water partition coefficient (Wildman–Crippen LogP) is 18.1. The summed E-state index contributed by atoms with van der Waals surface area (Å²) in [5, 5.41) is 0. The molecule has 9 rings (SSSR count). The minimum Gasteiger partial charge on any atom is -0.310 e. The standard InChI is InChI=1S/C67H57N/c1-6-8-23-54-35-36-57(47-56(54)24-9-7-2)55-39-43-61(44-40-55)68(60-41-37-53(38-42-60)51(5)32-31-49(3)50(4)33-34-52-21-13-10-14-22-52)62-45-46-64-63-29-19-20-30-65(63)67(66(64)48-62,58-25-15-11-16-26-58)59-27-17-12-18-28-59/h6-30,35-48H,1-5,31-34H2/b23-8-,24-9-/i3D,5D,31D,32D,37D,38D,41D,42D,45D,46D,48D/b23-8-,24-9-,49-3?,51-5?. The molecule has 8 aromatic rings. The van der Waals surface area contributed by atoms with E-state index in [2.05, 4.69) is 19.7 Å². The topological polar surface area (TPSA) is 3.24 Å². The summed E-state index contributed by atoms with van der Waals surface area (Å²) < 4.78 is 105. The Bertz CT molecular complexity index is 3680. The van der Waals surface area contributed by atoms with E-state index in [1.54, 1.807) is 24.3 Å². The Morgan fingerprint density at radius 1 is 0.559 bits per heavy atom. The maximum Gasteiger partial charge on any atom is 0.0714 e. The van der Waals surface area contributed by atoms with Crippen LogP contribution in [-0.2, 0) is 11.8 Å². The van der Waals surface area contributed by atoms with Crippen LogP contribution in [-0.4, -0.2) is 0 Å². The molecule has 2 unspecified atom stereocenters. The number of hydrogen-bond donors (Lipinski definition) is 0. The lowest BCUT2D eigenvalue weighted by molar-refractivity contribution is 0.768. The molecular formula is C67H57N. The van der Waals surface area contributed by atoms with Crippen molar-refractivity contribution in [2.75, 3.05) is 4.90 Å². The molecule has 68 heavy (non-hydrogen) atoms. The molecule has 0 heterocycles. The lowest BCUT2D eigenvalue weighted by Gasteiger charge is -2.35.